The topological polar surface area (TPSA) is 67.8 Å². The molecule has 0 radical (unpaired) electrons. The highest BCUT2D eigenvalue weighted by atomic mass is 16.5. The number of carbonyl (C=O) groups is 1. The van der Waals surface area contributed by atoms with Gasteiger partial charge in [0, 0.05) is 25.5 Å². The second-order valence-electron chi connectivity index (χ2n) is 4.21. The molecule has 0 aromatic rings. The molecule has 5 heteroatoms. The molecule has 2 saturated heterocycles. The smallest absolute Gasteiger partial charge is 0.323 e. The molecule has 2 fully saturated rings. The van der Waals surface area contributed by atoms with Crippen LogP contribution in [0, 0.1) is 5.92 Å². The highest BCUT2D eigenvalue weighted by Crippen LogP contribution is 2.14. The van der Waals surface area contributed by atoms with Crippen LogP contribution in [-0.4, -0.2) is 49.6 Å². The summed E-state index contributed by atoms with van der Waals surface area (Å²) < 4.78 is 10.4. The van der Waals surface area contributed by atoms with Crippen LogP contribution in [0.4, 0.5) is 0 Å². The summed E-state index contributed by atoms with van der Waals surface area (Å²) in [4.78, 5) is 11.5. The van der Waals surface area contributed by atoms with E-state index in [2.05, 4.69) is 5.32 Å². The summed E-state index contributed by atoms with van der Waals surface area (Å²) >= 11 is 0. The molecule has 5 nitrogen and oxygen atoms in total. The molecule has 0 aromatic carbocycles. The van der Waals surface area contributed by atoms with Crippen LogP contribution in [0.1, 0.15) is 12.8 Å². The molecule has 2 aliphatic rings. The van der Waals surface area contributed by atoms with E-state index in [0.717, 1.165) is 13.0 Å². The lowest BCUT2D eigenvalue weighted by Crippen LogP contribution is -2.33. The Labute approximate surface area is 88.7 Å². The Bertz CT molecular complexity index is 227. The summed E-state index contributed by atoms with van der Waals surface area (Å²) in [5.41, 5.74) is 0. The minimum Gasteiger partial charge on any atom is -0.464 e. The Hall–Kier alpha value is -0.650. The van der Waals surface area contributed by atoms with Gasteiger partial charge in [-0.25, -0.2) is 0 Å². The molecule has 2 heterocycles. The maximum atomic E-state index is 11.5. The highest BCUT2D eigenvalue weighted by Gasteiger charge is 2.30. The van der Waals surface area contributed by atoms with Gasteiger partial charge in [0.1, 0.15) is 6.04 Å². The third-order valence-electron chi connectivity index (χ3n) is 2.88. The number of ether oxygens (including phenoxy) is 2. The van der Waals surface area contributed by atoms with Crippen LogP contribution in [0.15, 0.2) is 0 Å². The van der Waals surface area contributed by atoms with Crippen LogP contribution in [-0.2, 0) is 14.3 Å². The van der Waals surface area contributed by atoms with E-state index < -0.39 is 6.10 Å². The van der Waals surface area contributed by atoms with E-state index in [1.807, 2.05) is 0 Å². The largest absolute Gasteiger partial charge is 0.464 e. The number of hydrogen-bond donors (Lipinski definition) is 2. The van der Waals surface area contributed by atoms with Crippen LogP contribution in [0.5, 0.6) is 0 Å². The van der Waals surface area contributed by atoms with Crippen LogP contribution < -0.4 is 5.32 Å². The summed E-state index contributed by atoms with van der Waals surface area (Å²) in [5, 5.41) is 12.2. The molecule has 0 aliphatic carbocycles. The second kappa shape index (κ2) is 4.92. The first-order chi connectivity index (χ1) is 7.25. The Morgan fingerprint density at radius 2 is 2.47 bits per heavy atom. The number of β-amino-alcohol motifs (C(OH)–C–C–N with tert-alkyl or cyclic N) is 1. The monoisotopic (exact) mass is 215 g/mol. The van der Waals surface area contributed by atoms with Crippen molar-refractivity contribution in [1.29, 1.82) is 0 Å². The van der Waals surface area contributed by atoms with Gasteiger partial charge in [0.15, 0.2) is 0 Å². The van der Waals surface area contributed by atoms with Crippen LogP contribution >= 0.6 is 0 Å². The average molecular weight is 215 g/mol. The molecule has 0 saturated carbocycles. The van der Waals surface area contributed by atoms with Gasteiger partial charge in [0.25, 0.3) is 0 Å². The minimum atomic E-state index is -0.419. The number of aliphatic hydroxyl groups excluding tert-OH is 1. The van der Waals surface area contributed by atoms with E-state index in [-0.39, 0.29) is 12.0 Å². The van der Waals surface area contributed by atoms with Crippen molar-refractivity contribution in [2.75, 3.05) is 26.4 Å². The van der Waals surface area contributed by atoms with Crippen molar-refractivity contribution in [1.82, 2.24) is 5.32 Å². The molecule has 0 spiro atoms. The molecule has 0 amide bonds. The van der Waals surface area contributed by atoms with Crippen molar-refractivity contribution in [3.63, 3.8) is 0 Å². The van der Waals surface area contributed by atoms with Gasteiger partial charge in [0.2, 0.25) is 0 Å². The normalized spacial score (nSPS) is 35.7. The summed E-state index contributed by atoms with van der Waals surface area (Å²) in [5.74, 6) is 0.0960. The number of aliphatic hydroxyl groups is 1. The molecule has 2 unspecified atom stereocenters. The summed E-state index contributed by atoms with van der Waals surface area (Å²) in [7, 11) is 0. The van der Waals surface area contributed by atoms with Gasteiger partial charge in [-0.2, -0.15) is 0 Å². The van der Waals surface area contributed by atoms with Gasteiger partial charge in [0.05, 0.1) is 19.3 Å². The van der Waals surface area contributed by atoms with Gasteiger partial charge < -0.3 is 19.9 Å². The second-order valence-corrected chi connectivity index (χ2v) is 4.21. The molecule has 2 N–H and O–H groups in total. The zero-order chi connectivity index (χ0) is 10.7. The lowest BCUT2D eigenvalue weighted by atomic mass is 10.1. The Morgan fingerprint density at radius 3 is 3.07 bits per heavy atom. The van der Waals surface area contributed by atoms with Gasteiger partial charge >= 0.3 is 5.97 Å². The van der Waals surface area contributed by atoms with Crippen molar-refractivity contribution < 1.29 is 19.4 Å². The Morgan fingerprint density at radius 1 is 1.60 bits per heavy atom. The van der Waals surface area contributed by atoms with E-state index in [4.69, 9.17) is 9.47 Å². The van der Waals surface area contributed by atoms with Gasteiger partial charge in [-0.3, -0.25) is 4.79 Å². The van der Waals surface area contributed by atoms with E-state index >= 15 is 0 Å². The maximum Gasteiger partial charge on any atom is 0.323 e. The predicted molar refractivity (Wildman–Crippen MR) is 52.3 cm³/mol. The lowest BCUT2D eigenvalue weighted by molar-refractivity contribution is -0.147. The first-order valence-corrected chi connectivity index (χ1v) is 5.41. The average Bonchev–Trinajstić information content (AvgIpc) is 2.84. The zero-order valence-corrected chi connectivity index (χ0v) is 8.65. The standard InChI is InChI=1S/C10H17NO4/c12-8-3-9(11-4-8)10(13)15-6-7-1-2-14-5-7/h7-9,11-12H,1-6H2/t7?,8?,9-/m0/s1. The van der Waals surface area contributed by atoms with Crippen molar-refractivity contribution in [2.45, 2.75) is 25.0 Å². The van der Waals surface area contributed by atoms with Crippen molar-refractivity contribution >= 4 is 5.97 Å². The third-order valence-corrected chi connectivity index (χ3v) is 2.88. The minimum absolute atomic E-state index is 0.251. The Balaban J connectivity index is 1.67. The summed E-state index contributed by atoms with van der Waals surface area (Å²) in [6.45, 7) is 2.37. The van der Waals surface area contributed by atoms with Crippen molar-refractivity contribution in [3.05, 3.63) is 0 Å². The quantitative estimate of drug-likeness (QED) is 0.609. The fraction of sp³-hybridized carbons (Fsp3) is 0.900. The van der Waals surface area contributed by atoms with E-state index in [1.165, 1.54) is 0 Å². The van der Waals surface area contributed by atoms with Crippen molar-refractivity contribution in [2.24, 2.45) is 5.92 Å². The molecule has 2 aliphatic heterocycles. The summed E-state index contributed by atoms with van der Waals surface area (Å²) in [6.07, 6.45) is 1.01. The molecule has 0 aromatic heterocycles. The number of hydrogen-bond acceptors (Lipinski definition) is 5. The van der Waals surface area contributed by atoms with Crippen LogP contribution in [0.2, 0.25) is 0 Å². The fourth-order valence-electron chi connectivity index (χ4n) is 1.91. The third kappa shape index (κ3) is 2.90. The highest BCUT2D eigenvalue weighted by molar-refractivity contribution is 5.76. The van der Waals surface area contributed by atoms with Gasteiger partial charge in [-0.05, 0) is 6.42 Å². The first kappa shape index (κ1) is 10.9. The predicted octanol–water partition coefficient (Wildman–Crippen LogP) is -0.711. The van der Waals surface area contributed by atoms with E-state index in [1.54, 1.807) is 0 Å². The van der Waals surface area contributed by atoms with Crippen LogP contribution in [0.3, 0.4) is 0 Å². The Kier molecular flexibility index (Phi) is 3.56. The number of rotatable bonds is 3. The van der Waals surface area contributed by atoms with Crippen LogP contribution in [0.25, 0.3) is 0 Å². The molecule has 86 valence electrons. The molecule has 2 rings (SSSR count). The molecular formula is C10H17NO4. The maximum absolute atomic E-state index is 11.5. The molecular weight excluding hydrogens is 198 g/mol. The molecule has 15 heavy (non-hydrogen) atoms. The molecule has 0 bridgehead atoms. The van der Waals surface area contributed by atoms with Gasteiger partial charge in [-0.1, -0.05) is 0 Å². The zero-order valence-electron chi connectivity index (χ0n) is 8.65. The van der Waals surface area contributed by atoms with Crippen molar-refractivity contribution in [3.8, 4) is 0 Å². The van der Waals surface area contributed by atoms with Gasteiger partial charge in [-0.15, -0.1) is 0 Å². The number of esters is 1. The fourth-order valence-corrected chi connectivity index (χ4v) is 1.91. The first-order valence-electron chi connectivity index (χ1n) is 5.41. The number of nitrogens with one attached hydrogen (secondary N) is 1. The number of carbonyl (C=O) groups excluding carboxylic acids is 1. The summed E-state index contributed by atoms with van der Waals surface area (Å²) in [6, 6.07) is -0.331. The lowest BCUT2D eigenvalue weighted by Gasteiger charge is -2.12. The SMILES string of the molecule is O=C(OCC1CCOC1)[C@@H]1CC(O)CN1. The molecule has 3 atom stereocenters. The van der Waals surface area contributed by atoms with E-state index in [9.17, 15) is 9.90 Å². The van der Waals surface area contributed by atoms with E-state index in [0.29, 0.717) is 32.1 Å².